The van der Waals surface area contributed by atoms with Gasteiger partial charge in [-0.2, -0.15) is 4.98 Å². The number of nitrogens with zero attached hydrogens (tertiary/aromatic N) is 2. The van der Waals surface area contributed by atoms with Crippen LogP contribution in [-0.2, 0) is 0 Å². The molecule has 1 heterocycles. The molecule has 2 N–H and O–H groups in total. The summed E-state index contributed by atoms with van der Waals surface area (Å²) in [6, 6.07) is 7.40. The summed E-state index contributed by atoms with van der Waals surface area (Å²) in [6.07, 6.45) is 0. The highest BCUT2D eigenvalue weighted by Gasteiger charge is 2.11. The zero-order valence-corrected chi connectivity index (χ0v) is 11.3. The van der Waals surface area contributed by atoms with Gasteiger partial charge >= 0.3 is 0 Å². The van der Waals surface area contributed by atoms with Crippen molar-refractivity contribution >= 4 is 33.2 Å². The zero-order valence-electron chi connectivity index (χ0n) is 8.95. The van der Waals surface area contributed by atoms with Gasteiger partial charge in [-0.3, -0.25) is 0 Å². The molecule has 17 heavy (non-hydrogen) atoms. The summed E-state index contributed by atoms with van der Waals surface area (Å²) in [6.45, 7) is 1.75. The minimum Gasteiger partial charge on any atom is -0.436 e. The van der Waals surface area contributed by atoms with E-state index in [2.05, 4.69) is 25.9 Å². The van der Waals surface area contributed by atoms with Crippen LogP contribution in [-0.4, -0.2) is 9.97 Å². The summed E-state index contributed by atoms with van der Waals surface area (Å²) in [4.78, 5) is 7.89. The third-order valence-electron chi connectivity index (χ3n) is 2.12. The SMILES string of the molecule is Cc1nc(Cl)nc(Oc2ccccc2Br)c1N. The smallest absolute Gasteiger partial charge is 0.247 e. The Labute approximate surface area is 112 Å². The van der Waals surface area contributed by atoms with Crippen LogP contribution >= 0.6 is 27.5 Å². The molecule has 0 amide bonds. The van der Waals surface area contributed by atoms with Crippen LogP contribution in [0.4, 0.5) is 5.69 Å². The van der Waals surface area contributed by atoms with Crippen LogP contribution < -0.4 is 10.5 Å². The first-order chi connectivity index (χ1) is 8.08. The molecule has 6 heteroatoms. The molecule has 2 rings (SSSR count). The Morgan fingerprint density at radius 3 is 2.71 bits per heavy atom. The van der Waals surface area contributed by atoms with E-state index in [0.29, 0.717) is 17.1 Å². The monoisotopic (exact) mass is 313 g/mol. The van der Waals surface area contributed by atoms with Crippen molar-refractivity contribution in [1.82, 2.24) is 9.97 Å². The molecule has 0 unspecified atom stereocenters. The number of aromatic nitrogens is 2. The van der Waals surface area contributed by atoms with E-state index in [0.717, 1.165) is 4.47 Å². The number of benzene rings is 1. The zero-order chi connectivity index (χ0) is 12.4. The summed E-state index contributed by atoms with van der Waals surface area (Å²) < 4.78 is 6.41. The second-order valence-corrected chi connectivity index (χ2v) is 4.52. The largest absolute Gasteiger partial charge is 0.436 e. The average Bonchev–Trinajstić information content (AvgIpc) is 2.28. The van der Waals surface area contributed by atoms with Crippen molar-refractivity contribution in [3.05, 3.63) is 39.7 Å². The quantitative estimate of drug-likeness (QED) is 0.861. The lowest BCUT2D eigenvalue weighted by molar-refractivity contribution is 0.461. The predicted octanol–water partition coefficient (Wildman–Crippen LogP) is 3.58. The van der Waals surface area contributed by atoms with Gasteiger partial charge in [0, 0.05) is 0 Å². The molecule has 4 nitrogen and oxygen atoms in total. The third kappa shape index (κ3) is 2.68. The second-order valence-electron chi connectivity index (χ2n) is 3.33. The van der Waals surface area contributed by atoms with E-state index in [4.69, 9.17) is 22.1 Å². The molecule has 0 fully saturated rings. The highest BCUT2D eigenvalue weighted by Crippen LogP contribution is 2.32. The number of nitrogen functional groups attached to an aromatic ring is 1. The van der Waals surface area contributed by atoms with Crippen molar-refractivity contribution in [2.75, 3.05) is 5.73 Å². The molecule has 0 bridgehead atoms. The Hall–Kier alpha value is -1.33. The Morgan fingerprint density at radius 1 is 1.29 bits per heavy atom. The van der Waals surface area contributed by atoms with Gasteiger partial charge in [0.15, 0.2) is 0 Å². The summed E-state index contributed by atoms with van der Waals surface area (Å²) in [5.41, 5.74) is 6.80. The van der Waals surface area contributed by atoms with Crippen LogP contribution in [0.3, 0.4) is 0 Å². The third-order valence-corrected chi connectivity index (χ3v) is 2.94. The van der Waals surface area contributed by atoms with Gasteiger partial charge in [0.05, 0.1) is 10.2 Å². The van der Waals surface area contributed by atoms with Gasteiger partial charge in [0.2, 0.25) is 11.2 Å². The van der Waals surface area contributed by atoms with Gasteiger partial charge < -0.3 is 10.5 Å². The van der Waals surface area contributed by atoms with Gasteiger partial charge in [0.1, 0.15) is 11.4 Å². The first-order valence-electron chi connectivity index (χ1n) is 4.80. The number of para-hydroxylation sites is 1. The first kappa shape index (κ1) is 12.1. The van der Waals surface area contributed by atoms with Crippen LogP contribution in [0.25, 0.3) is 0 Å². The number of ether oxygens (including phenoxy) is 1. The van der Waals surface area contributed by atoms with E-state index >= 15 is 0 Å². The van der Waals surface area contributed by atoms with Crippen molar-refractivity contribution in [2.24, 2.45) is 0 Å². The van der Waals surface area contributed by atoms with Gasteiger partial charge in [-0.1, -0.05) is 12.1 Å². The normalized spacial score (nSPS) is 10.3. The molecule has 0 aliphatic carbocycles. The highest BCUT2D eigenvalue weighted by molar-refractivity contribution is 9.10. The molecule has 1 aromatic carbocycles. The van der Waals surface area contributed by atoms with Gasteiger partial charge in [-0.05, 0) is 46.6 Å². The lowest BCUT2D eigenvalue weighted by Gasteiger charge is -2.10. The van der Waals surface area contributed by atoms with E-state index in [1.807, 2.05) is 18.2 Å². The summed E-state index contributed by atoms with van der Waals surface area (Å²) in [7, 11) is 0. The maximum atomic E-state index is 5.83. The van der Waals surface area contributed by atoms with Crippen LogP contribution in [0.1, 0.15) is 5.69 Å². The molecule has 1 aromatic heterocycles. The van der Waals surface area contributed by atoms with Crippen molar-refractivity contribution in [1.29, 1.82) is 0 Å². The molecule has 88 valence electrons. The maximum absolute atomic E-state index is 5.83. The van der Waals surface area contributed by atoms with E-state index in [1.54, 1.807) is 13.0 Å². The van der Waals surface area contributed by atoms with Crippen LogP contribution in [0, 0.1) is 6.92 Å². The Morgan fingerprint density at radius 2 is 2.00 bits per heavy atom. The number of aryl methyl sites for hydroxylation is 1. The van der Waals surface area contributed by atoms with E-state index in [1.165, 1.54) is 0 Å². The fourth-order valence-electron chi connectivity index (χ4n) is 1.23. The fraction of sp³-hybridized carbons (Fsp3) is 0.0909. The minimum atomic E-state index is 0.110. The van der Waals surface area contributed by atoms with Crippen LogP contribution in [0.2, 0.25) is 5.28 Å². The number of halogens is 2. The van der Waals surface area contributed by atoms with E-state index in [-0.39, 0.29) is 11.2 Å². The van der Waals surface area contributed by atoms with Crippen molar-refractivity contribution in [3.8, 4) is 11.6 Å². The number of nitrogens with two attached hydrogens (primary N) is 1. The van der Waals surface area contributed by atoms with Gasteiger partial charge in [0.25, 0.3) is 0 Å². The molecule has 0 radical (unpaired) electrons. The topological polar surface area (TPSA) is 61.0 Å². The lowest BCUT2D eigenvalue weighted by Crippen LogP contribution is -2.01. The summed E-state index contributed by atoms with van der Waals surface area (Å²) in [5, 5.41) is 0.110. The Bertz CT molecular complexity index is 562. The number of anilines is 1. The lowest BCUT2D eigenvalue weighted by atomic mass is 10.3. The Balaban J connectivity index is 2.40. The average molecular weight is 315 g/mol. The van der Waals surface area contributed by atoms with Crippen molar-refractivity contribution in [2.45, 2.75) is 6.92 Å². The second kappa shape index (κ2) is 4.89. The number of hydrogen-bond donors (Lipinski definition) is 1. The molecule has 0 saturated heterocycles. The van der Waals surface area contributed by atoms with Gasteiger partial charge in [-0.15, -0.1) is 0 Å². The van der Waals surface area contributed by atoms with Gasteiger partial charge in [-0.25, -0.2) is 4.98 Å². The number of hydrogen-bond acceptors (Lipinski definition) is 4. The predicted molar refractivity (Wildman–Crippen MR) is 70.4 cm³/mol. The fourth-order valence-corrected chi connectivity index (χ4v) is 1.80. The first-order valence-corrected chi connectivity index (χ1v) is 5.97. The van der Waals surface area contributed by atoms with E-state index in [9.17, 15) is 0 Å². The molecule has 0 spiro atoms. The molecular weight excluding hydrogens is 305 g/mol. The molecule has 0 aliphatic heterocycles. The Kier molecular flexibility index (Phi) is 3.49. The summed E-state index contributed by atoms with van der Waals surface area (Å²) in [5.74, 6) is 0.878. The van der Waals surface area contributed by atoms with Crippen LogP contribution in [0.5, 0.6) is 11.6 Å². The molecule has 0 saturated carbocycles. The molecule has 2 aromatic rings. The minimum absolute atomic E-state index is 0.110. The van der Waals surface area contributed by atoms with E-state index < -0.39 is 0 Å². The van der Waals surface area contributed by atoms with Crippen molar-refractivity contribution < 1.29 is 4.74 Å². The highest BCUT2D eigenvalue weighted by atomic mass is 79.9. The van der Waals surface area contributed by atoms with Crippen molar-refractivity contribution in [3.63, 3.8) is 0 Å². The van der Waals surface area contributed by atoms with Crippen LogP contribution in [0.15, 0.2) is 28.7 Å². The molecule has 0 atom stereocenters. The summed E-state index contributed by atoms with van der Waals surface area (Å²) >= 11 is 9.13. The molecule has 0 aliphatic rings. The maximum Gasteiger partial charge on any atom is 0.247 e. The standard InChI is InChI=1S/C11H9BrClN3O/c1-6-9(14)10(16-11(13)15-6)17-8-5-3-2-4-7(8)12/h2-5H,14H2,1H3. The molecular formula is C11H9BrClN3O. The number of rotatable bonds is 2.